The Morgan fingerprint density at radius 1 is 0.783 bits per heavy atom. The van der Waals surface area contributed by atoms with Gasteiger partial charge in [-0.2, -0.15) is 34.5 Å². The number of phenolic OH excluding ortho intramolecular Hbond substituents is 1. The summed E-state index contributed by atoms with van der Waals surface area (Å²) < 4.78 is 75.7. The van der Waals surface area contributed by atoms with E-state index in [9.17, 15) is 31.0 Å². The standard InChI is InChI=1S/C28H22N5O8S2.3Na/c1-15-11-23(31-32-27-18-9-8-17(42(35,36)37)12-16(18)7-10-24(27)34)25(41-2)14-22(15)30-33-28-20-6-4-3-5-19(20)21(29)13-26(28)43(38,39)40;;;/h4-14,34H,29H2,1-2H3,(H,35,36,37)(H,38,39,40);;;/q-1;3*+1/p-2. The maximum atomic E-state index is 12.0. The van der Waals surface area contributed by atoms with Gasteiger partial charge in [-0.1, -0.05) is 17.5 Å². The predicted octanol–water partition coefficient (Wildman–Crippen LogP) is -2.95. The molecule has 0 saturated carbocycles. The molecule has 0 heterocycles. The van der Waals surface area contributed by atoms with E-state index < -0.39 is 30.0 Å². The summed E-state index contributed by atoms with van der Waals surface area (Å²) in [5.41, 5.74) is 6.87. The van der Waals surface area contributed by atoms with E-state index in [0.29, 0.717) is 27.1 Å². The SMILES string of the molecule is COc1cc(N=Nc2c(S(=O)(=O)[O-])cc(N)c3c[c-]ccc23)c(C)cc1N=Nc1c(O)ccc2cc(S(=O)(=O)[O-])ccc12.[Na+].[Na+].[Na+]. The molecule has 0 saturated heterocycles. The number of nitrogens with two attached hydrogens (primary N) is 1. The van der Waals surface area contributed by atoms with E-state index in [0.717, 1.165) is 12.1 Å². The molecular formula is C28H20N5Na3O8S2. The maximum absolute atomic E-state index is 12.0. The Hall–Kier alpha value is -1.96. The molecule has 220 valence electrons. The number of hydrogen-bond acceptors (Lipinski definition) is 13. The van der Waals surface area contributed by atoms with Crippen LogP contribution in [-0.4, -0.2) is 38.2 Å². The van der Waals surface area contributed by atoms with Crippen LogP contribution in [0.4, 0.5) is 28.4 Å². The minimum Gasteiger partial charge on any atom is -0.744 e. The van der Waals surface area contributed by atoms with Crippen molar-refractivity contribution in [1.29, 1.82) is 0 Å². The fourth-order valence-corrected chi connectivity index (χ4v) is 5.51. The molecule has 0 bridgehead atoms. The summed E-state index contributed by atoms with van der Waals surface area (Å²) in [7, 11) is -8.27. The topological polar surface area (TPSA) is 219 Å². The molecule has 0 amide bonds. The first-order chi connectivity index (χ1) is 20.3. The van der Waals surface area contributed by atoms with Gasteiger partial charge in [0.1, 0.15) is 43.1 Å². The van der Waals surface area contributed by atoms with Gasteiger partial charge in [0.15, 0.2) is 0 Å². The van der Waals surface area contributed by atoms with Crippen LogP contribution >= 0.6 is 0 Å². The quantitative estimate of drug-likeness (QED) is 0.0587. The van der Waals surface area contributed by atoms with Gasteiger partial charge in [-0.15, -0.1) is 15.6 Å². The van der Waals surface area contributed by atoms with Crippen LogP contribution in [0.3, 0.4) is 0 Å². The van der Waals surface area contributed by atoms with Crippen molar-refractivity contribution in [2.75, 3.05) is 12.8 Å². The van der Waals surface area contributed by atoms with Crippen LogP contribution in [0.1, 0.15) is 5.56 Å². The van der Waals surface area contributed by atoms with Crippen LogP contribution < -0.4 is 99.1 Å². The van der Waals surface area contributed by atoms with Gasteiger partial charge in [0.2, 0.25) is 0 Å². The number of hydrogen-bond donors (Lipinski definition) is 2. The Morgan fingerprint density at radius 3 is 2.11 bits per heavy atom. The summed E-state index contributed by atoms with van der Waals surface area (Å²) in [5.74, 6) is -0.0521. The third kappa shape index (κ3) is 8.54. The first-order valence-corrected chi connectivity index (χ1v) is 15.0. The van der Waals surface area contributed by atoms with Gasteiger partial charge in [-0.05, 0) is 53.9 Å². The average Bonchev–Trinajstić information content (AvgIpc) is 2.95. The molecule has 5 aromatic rings. The summed E-state index contributed by atoms with van der Waals surface area (Å²) >= 11 is 0. The molecule has 0 aromatic heterocycles. The number of methoxy groups -OCH3 is 1. The van der Waals surface area contributed by atoms with Crippen molar-refractivity contribution in [2.45, 2.75) is 16.7 Å². The minimum atomic E-state index is -4.96. The fraction of sp³-hybridized carbons (Fsp3) is 0.0714. The van der Waals surface area contributed by atoms with Crippen molar-refractivity contribution in [2.24, 2.45) is 20.5 Å². The van der Waals surface area contributed by atoms with Crippen molar-refractivity contribution in [3.05, 3.63) is 78.4 Å². The summed E-state index contributed by atoms with van der Waals surface area (Å²) in [6.07, 6.45) is 0. The van der Waals surface area contributed by atoms with Gasteiger partial charge >= 0.3 is 88.7 Å². The Morgan fingerprint density at radius 2 is 1.46 bits per heavy atom. The number of aryl methyl sites for hydroxylation is 1. The van der Waals surface area contributed by atoms with E-state index in [-0.39, 0.29) is 129 Å². The zero-order chi connectivity index (χ0) is 31.1. The van der Waals surface area contributed by atoms with Gasteiger partial charge in [0, 0.05) is 11.5 Å². The first kappa shape index (κ1) is 40.2. The van der Waals surface area contributed by atoms with Gasteiger partial charge in [0.05, 0.1) is 28.3 Å². The van der Waals surface area contributed by atoms with Crippen molar-refractivity contribution >= 4 is 70.2 Å². The zero-order valence-electron chi connectivity index (χ0n) is 25.3. The van der Waals surface area contributed by atoms with Crippen LogP contribution in [0.5, 0.6) is 11.5 Å². The molecule has 46 heavy (non-hydrogen) atoms. The number of rotatable bonds is 7. The normalized spacial score (nSPS) is 11.7. The molecule has 0 atom stereocenters. The molecule has 5 rings (SSSR count). The number of benzene rings is 5. The third-order valence-electron chi connectivity index (χ3n) is 6.46. The fourth-order valence-electron chi connectivity index (χ4n) is 4.35. The minimum absolute atomic E-state index is 0. The van der Waals surface area contributed by atoms with Crippen LogP contribution in [0.25, 0.3) is 21.5 Å². The molecular weight excluding hydrogens is 667 g/mol. The number of azo groups is 2. The second kappa shape index (κ2) is 16.0. The van der Waals surface area contributed by atoms with Crippen LogP contribution in [0.2, 0.25) is 0 Å². The van der Waals surface area contributed by atoms with Crippen LogP contribution in [-0.2, 0) is 20.2 Å². The number of nitrogens with zero attached hydrogens (tertiary/aromatic N) is 4. The Balaban J connectivity index is 0.00000245. The van der Waals surface area contributed by atoms with Gasteiger partial charge in [-0.3, -0.25) is 0 Å². The maximum Gasteiger partial charge on any atom is 1.00 e. The van der Waals surface area contributed by atoms with Crippen LogP contribution in [0, 0.1) is 13.0 Å². The number of aromatic hydroxyl groups is 1. The van der Waals surface area contributed by atoms with Crippen LogP contribution in [0.15, 0.2) is 97.0 Å². The van der Waals surface area contributed by atoms with E-state index >= 15 is 0 Å². The Kier molecular flexibility index (Phi) is 14.0. The van der Waals surface area contributed by atoms with Crippen molar-refractivity contribution in [3.63, 3.8) is 0 Å². The van der Waals surface area contributed by atoms with Gasteiger partial charge in [0.25, 0.3) is 0 Å². The molecule has 13 nitrogen and oxygen atoms in total. The summed E-state index contributed by atoms with van der Waals surface area (Å²) in [4.78, 5) is -1.06. The number of phenols is 1. The number of anilines is 1. The number of nitrogen functional groups attached to an aromatic ring is 1. The van der Waals surface area contributed by atoms with Crippen molar-refractivity contribution in [1.82, 2.24) is 0 Å². The van der Waals surface area contributed by atoms with E-state index in [1.54, 1.807) is 13.0 Å². The van der Waals surface area contributed by atoms with Crippen molar-refractivity contribution < 1.29 is 124 Å². The molecule has 0 fully saturated rings. The second-order valence-electron chi connectivity index (χ2n) is 9.22. The van der Waals surface area contributed by atoms with E-state index in [2.05, 4.69) is 26.5 Å². The Bertz CT molecular complexity index is 2230. The number of fused-ring (bicyclic) bond motifs is 2. The summed E-state index contributed by atoms with van der Waals surface area (Å²) in [5, 5.41) is 28.5. The molecule has 0 unspecified atom stereocenters. The van der Waals surface area contributed by atoms with Gasteiger partial charge in [-0.25, -0.2) is 16.8 Å². The molecule has 5 aromatic carbocycles. The molecule has 0 aliphatic carbocycles. The van der Waals surface area contributed by atoms with Gasteiger partial charge < -0.3 is 24.7 Å². The van der Waals surface area contributed by atoms with Crippen molar-refractivity contribution in [3.8, 4) is 11.5 Å². The monoisotopic (exact) mass is 687 g/mol. The summed E-state index contributed by atoms with van der Waals surface area (Å²) in [6.45, 7) is 1.67. The molecule has 0 aliphatic heterocycles. The molecule has 0 aliphatic rings. The number of ether oxygens (including phenoxy) is 1. The van der Waals surface area contributed by atoms with E-state index in [1.807, 2.05) is 0 Å². The van der Waals surface area contributed by atoms with E-state index in [4.69, 9.17) is 10.5 Å². The molecule has 0 radical (unpaired) electrons. The van der Waals surface area contributed by atoms with E-state index in [1.165, 1.54) is 55.6 Å². The zero-order valence-corrected chi connectivity index (χ0v) is 33.0. The molecule has 0 spiro atoms. The molecule has 3 N–H and O–H groups in total. The summed E-state index contributed by atoms with van der Waals surface area (Å²) in [6, 6.07) is 17.8. The largest absolute Gasteiger partial charge is 1.00 e. The Labute approximate surface area is 330 Å². The first-order valence-electron chi connectivity index (χ1n) is 12.2. The smallest absolute Gasteiger partial charge is 0.744 e. The average molecular weight is 688 g/mol. The third-order valence-corrected chi connectivity index (χ3v) is 8.14. The predicted molar refractivity (Wildman–Crippen MR) is 155 cm³/mol. The second-order valence-corrected chi connectivity index (χ2v) is 11.9. The molecule has 18 heteroatoms.